The second-order valence-corrected chi connectivity index (χ2v) is 7.96. The van der Waals surface area contributed by atoms with Gasteiger partial charge in [-0.1, -0.05) is 17.7 Å². The van der Waals surface area contributed by atoms with Gasteiger partial charge in [-0.15, -0.1) is 0 Å². The van der Waals surface area contributed by atoms with E-state index in [1.165, 1.54) is 32.2 Å². The van der Waals surface area contributed by atoms with Crippen molar-refractivity contribution >= 4 is 21.4 Å². The van der Waals surface area contributed by atoms with Crippen molar-refractivity contribution in [1.82, 2.24) is 10.2 Å². The summed E-state index contributed by atoms with van der Waals surface area (Å²) in [5.41, 5.74) is 0.669. The van der Waals surface area contributed by atoms with Crippen LogP contribution >= 0.6 is 11.6 Å². The Morgan fingerprint density at radius 3 is 2.67 bits per heavy atom. The normalized spacial score (nSPS) is 16.5. The molecule has 0 unspecified atom stereocenters. The number of hydrogen-bond acceptors (Lipinski definition) is 4. The van der Waals surface area contributed by atoms with Crippen LogP contribution in [0.4, 0.5) is 0 Å². The summed E-state index contributed by atoms with van der Waals surface area (Å²) in [5, 5.41) is 3.81. The van der Waals surface area contributed by atoms with Gasteiger partial charge in [0.05, 0.1) is 4.90 Å². The van der Waals surface area contributed by atoms with Gasteiger partial charge in [-0.05, 0) is 57.6 Å². The second-order valence-electron chi connectivity index (χ2n) is 5.57. The lowest BCUT2D eigenvalue weighted by atomic mass is 10.2. The molecule has 0 radical (unpaired) electrons. The van der Waals surface area contributed by atoms with Gasteiger partial charge in [-0.3, -0.25) is 0 Å². The monoisotopic (exact) mass is 330 g/mol. The molecule has 0 spiro atoms. The quantitative estimate of drug-likeness (QED) is 0.779. The second kappa shape index (κ2) is 7.58. The van der Waals surface area contributed by atoms with E-state index < -0.39 is 9.84 Å². The maximum atomic E-state index is 11.8. The fraction of sp³-hybridized carbons (Fsp3) is 0.600. The third kappa shape index (κ3) is 4.95. The highest BCUT2D eigenvalue weighted by molar-refractivity contribution is 7.90. The van der Waals surface area contributed by atoms with Gasteiger partial charge in [-0.2, -0.15) is 0 Å². The molecule has 118 valence electrons. The lowest BCUT2D eigenvalue weighted by Crippen LogP contribution is -2.25. The number of rotatable bonds is 7. The van der Waals surface area contributed by atoms with Gasteiger partial charge in [0, 0.05) is 23.4 Å². The fourth-order valence-electron chi connectivity index (χ4n) is 2.71. The molecule has 1 aliphatic heterocycles. The Labute approximate surface area is 132 Å². The number of sulfone groups is 1. The summed E-state index contributed by atoms with van der Waals surface area (Å²) in [6.07, 6.45) is 4.91. The first-order chi connectivity index (χ1) is 9.98. The third-order valence-corrected chi connectivity index (χ3v) is 5.34. The molecule has 1 fully saturated rings. The smallest absolute Gasteiger partial charge is 0.175 e. The number of likely N-dealkylation sites (tertiary alicyclic amines) is 1. The van der Waals surface area contributed by atoms with E-state index in [-0.39, 0.29) is 0 Å². The van der Waals surface area contributed by atoms with E-state index in [1.54, 1.807) is 18.2 Å². The van der Waals surface area contributed by atoms with Crippen molar-refractivity contribution in [3.63, 3.8) is 0 Å². The van der Waals surface area contributed by atoms with Gasteiger partial charge in [0.15, 0.2) is 9.84 Å². The maximum Gasteiger partial charge on any atom is 0.175 e. The molecule has 21 heavy (non-hydrogen) atoms. The van der Waals surface area contributed by atoms with Crippen LogP contribution in [0.1, 0.15) is 24.8 Å². The highest BCUT2D eigenvalue weighted by Gasteiger charge is 2.15. The predicted molar refractivity (Wildman–Crippen MR) is 86.6 cm³/mol. The molecule has 0 bridgehead atoms. The molecule has 1 heterocycles. The van der Waals surface area contributed by atoms with Crippen LogP contribution in [0.5, 0.6) is 0 Å². The van der Waals surface area contributed by atoms with Crippen LogP contribution in [-0.2, 0) is 16.4 Å². The van der Waals surface area contributed by atoms with Gasteiger partial charge in [-0.25, -0.2) is 8.42 Å². The lowest BCUT2D eigenvalue weighted by molar-refractivity contribution is 0.331. The molecular formula is C15H23ClN2O2S. The van der Waals surface area contributed by atoms with Gasteiger partial charge in [0.1, 0.15) is 0 Å². The summed E-state index contributed by atoms with van der Waals surface area (Å²) in [6.45, 7) is 4.88. The van der Waals surface area contributed by atoms with Crippen molar-refractivity contribution < 1.29 is 8.42 Å². The van der Waals surface area contributed by atoms with Crippen molar-refractivity contribution in [1.29, 1.82) is 0 Å². The lowest BCUT2D eigenvalue weighted by Gasteiger charge is -2.15. The first-order valence-electron chi connectivity index (χ1n) is 7.39. The molecule has 0 atom stereocenters. The van der Waals surface area contributed by atoms with Crippen molar-refractivity contribution in [2.45, 2.75) is 30.7 Å². The van der Waals surface area contributed by atoms with Crippen molar-refractivity contribution in [2.24, 2.45) is 0 Å². The summed E-state index contributed by atoms with van der Waals surface area (Å²) >= 11 is 6.14. The van der Waals surface area contributed by atoms with E-state index in [2.05, 4.69) is 10.2 Å². The molecule has 0 aliphatic carbocycles. The van der Waals surface area contributed by atoms with E-state index in [0.717, 1.165) is 19.5 Å². The highest BCUT2D eigenvalue weighted by Crippen LogP contribution is 2.23. The average molecular weight is 331 g/mol. The third-order valence-electron chi connectivity index (χ3n) is 3.80. The van der Waals surface area contributed by atoms with E-state index >= 15 is 0 Å². The van der Waals surface area contributed by atoms with Crippen LogP contribution in [0.2, 0.25) is 5.02 Å². The SMILES string of the molecule is CS(=O)(=O)c1cccc(Cl)c1CNCCCN1CCCC1. The van der Waals surface area contributed by atoms with E-state index in [1.807, 2.05) is 0 Å². The highest BCUT2D eigenvalue weighted by atomic mass is 35.5. The molecular weight excluding hydrogens is 308 g/mol. The molecule has 1 N–H and O–H groups in total. The zero-order valence-electron chi connectivity index (χ0n) is 12.4. The Morgan fingerprint density at radius 2 is 2.00 bits per heavy atom. The summed E-state index contributed by atoms with van der Waals surface area (Å²) < 4.78 is 23.6. The number of halogens is 1. The van der Waals surface area contributed by atoms with Gasteiger partial charge >= 0.3 is 0 Å². The van der Waals surface area contributed by atoms with Crippen LogP contribution < -0.4 is 5.32 Å². The first kappa shape index (κ1) is 16.7. The Kier molecular flexibility index (Phi) is 6.05. The van der Waals surface area contributed by atoms with Gasteiger partial charge in [0.25, 0.3) is 0 Å². The minimum absolute atomic E-state index is 0.321. The summed E-state index contributed by atoms with van der Waals surface area (Å²) in [5.74, 6) is 0. The molecule has 0 aromatic heterocycles. The van der Waals surface area contributed by atoms with Crippen molar-refractivity contribution in [3.05, 3.63) is 28.8 Å². The van der Waals surface area contributed by atoms with Crippen LogP contribution in [0.25, 0.3) is 0 Å². The molecule has 6 heteroatoms. The summed E-state index contributed by atoms with van der Waals surface area (Å²) in [6, 6.07) is 5.02. The van der Waals surface area contributed by atoms with E-state index in [4.69, 9.17) is 11.6 Å². The molecule has 2 rings (SSSR count). The zero-order valence-corrected chi connectivity index (χ0v) is 14.0. The van der Waals surface area contributed by atoms with Crippen LogP contribution in [-0.4, -0.2) is 45.8 Å². The molecule has 1 aliphatic rings. The number of nitrogens with zero attached hydrogens (tertiary/aromatic N) is 1. The largest absolute Gasteiger partial charge is 0.313 e. The Bertz CT molecular complexity index is 569. The molecule has 1 saturated heterocycles. The zero-order chi connectivity index (χ0) is 15.3. The Balaban J connectivity index is 1.85. The molecule has 0 saturated carbocycles. The van der Waals surface area contributed by atoms with Crippen LogP contribution in [0.3, 0.4) is 0 Å². The average Bonchev–Trinajstić information content (AvgIpc) is 2.92. The molecule has 1 aromatic carbocycles. The van der Waals surface area contributed by atoms with Crippen molar-refractivity contribution in [3.8, 4) is 0 Å². The minimum atomic E-state index is -3.24. The molecule has 4 nitrogen and oxygen atoms in total. The van der Waals surface area contributed by atoms with Crippen molar-refractivity contribution in [2.75, 3.05) is 32.4 Å². The first-order valence-corrected chi connectivity index (χ1v) is 9.66. The van der Waals surface area contributed by atoms with E-state index in [9.17, 15) is 8.42 Å². The number of benzene rings is 1. The standard InChI is InChI=1S/C15H23ClN2O2S/c1-21(19,20)15-7-4-6-14(16)13(15)12-17-8-5-11-18-9-2-3-10-18/h4,6-7,17H,2-3,5,8-12H2,1H3. The topological polar surface area (TPSA) is 49.4 Å². The Morgan fingerprint density at radius 1 is 1.29 bits per heavy atom. The maximum absolute atomic E-state index is 11.8. The van der Waals surface area contributed by atoms with Gasteiger partial charge in [0.2, 0.25) is 0 Å². The molecule has 1 aromatic rings. The Hall–Kier alpha value is -0.620. The minimum Gasteiger partial charge on any atom is -0.313 e. The summed E-state index contributed by atoms with van der Waals surface area (Å²) in [7, 11) is -3.24. The van der Waals surface area contributed by atoms with Crippen LogP contribution in [0.15, 0.2) is 23.1 Å². The number of nitrogens with one attached hydrogen (secondary N) is 1. The van der Waals surface area contributed by atoms with E-state index in [0.29, 0.717) is 22.0 Å². The fourth-order valence-corrected chi connectivity index (χ4v) is 3.96. The van der Waals surface area contributed by atoms with Gasteiger partial charge < -0.3 is 10.2 Å². The van der Waals surface area contributed by atoms with Crippen LogP contribution in [0, 0.1) is 0 Å². The number of hydrogen-bond donors (Lipinski definition) is 1. The molecule has 0 amide bonds. The predicted octanol–water partition coefficient (Wildman–Crippen LogP) is 2.32. The summed E-state index contributed by atoms with van der Waals surface area (Å²) in [4.78, 5) is 2.79.